The van der Waals surface area contributed by atoms with Crippen LogP contribution in [0.25, 0.3) is 0 Å². The van der Waals surface area contributed by atoms with Crippen molar-refractivity contribution in [1.82, 2.24) is 5.32 Å². The van der Waals surface area contributed by atoms with Gasteiger partial charge in [0.2, 0.25) is 0 Å². The van der Waals surface area contributed by atoms with E-state index in [-0.39, 0.29) is 0 Å². The smallest absolute Gasteiger partial charge is 0.00671 e. The maximum absolute atomic E-state index is 3.84. The molecule has 98 valence electrons. The lowest BCUT2D eigenvalue weighted by atomic mass is 9.75. The largest absolute Gasteiger partial charge is 0.314 e. The maximum atomic E-state index is 3.84. The van der Waals surface area contributed by atoms with Gasteiger partial charge < -0.3 is 5.32 Å². The third-order valence-corrected chi connectivity index (χ3v) is 4.85. The van der Waals surface area contributed by atoms with Gasteiger partial charge in [0.1, 0.15) is 0 Å². The van der Waals surface area contributed by atoms with Crippen molar-refractivity contribution in [1.29, 1.82) is 0 Å². The minimum atomic E-state index is 0.759. The van der Waals surface area contributed by atoms with E-state index < -0.39 is 0 Å². The molecule has 2 aliphatic carbocycles. The van der Waals surface area contributed by atoms with Gasteiger partial charge in [-0.25, -0.2) is 0 Å². The second-order valence-electron chi connectivity index (χ2n) is 6.46. The number of rotatable bonds is 3. The Labute approximate surface area is 107 Å². The van der Waals surface area contributed by atoms with Crippen molar-refractivity contribution in [2.75, 3.05) is 6.54 Å². The van der Waals surface area contributed by atoms with Crippen LogP contribution in [0.15, 0.2) is 11.6 Å². The summed E-state index contributed by atoms with van der Waals surface area (Å²) in [5, 5.41) is 3.84. The standard InChI is InChI=1S/C16H29N/c1-12-9-13(2)16(14(3)10-12)11-17-15-7-5-4-6-8-15/h9,13-17H,4-8,10-11H2,1-3H3. The van der Waals surface area contributed by atoms with Gasteiger partial charge in [-0.2, -0.15) is 0 Å². The summed E-state index contributed by atoms with van der Waals surface area (Å²) in [5.41, 5.74) is 1.60. The minimum absolute atomic E-state index is 0.759. The molecule has 1 fully saturated rings. The molecule has 0 heterocycles. The predicted molar refractivity (Wildman–Crippen MR) is 75.1 cm³/mol. The third kappa shape index (κ3) is 3.58. The van der Waals surface area contributed by atoms with Crippen LogP contribution in [-0.2, 0) is 0 Å². The number of hydrogen-bond donors (Lipinski definition) is 1. The van der Waals surface area contributed by atoms with Crippen LogP contribution < -0.4 is 5.32 Å². The normalized spacial score (nSPS) is 35.7. The quantitative estimate of drug-likeness (QED) is 0.725. The van der Waals surface area contributed by atoms with Gasteiger partial charge in [-0.1, -0.05) is 44.8 Å². The second-order valence-corrected chi connectivity index (χ2v) is 6.46. The van der Waals surface area contributed by atoms with Crippen molar-refractivity contribution >= 4 is 0 Å². The average Bonchev–Trinajstić information content (AvgIpc) is 2.29. The van der Waals surface area contributed by atoms with E-state index in [1.165, 1.54) is 45.1 Å². The van der Waals surface area contributed by atoms with E-state index in [0.29, 0.717) is 0 Å². The zero-order valence-corrected chi connectivity index (χ0v) is 11.8. The molecule has 1 saturated carbocycles. The topological polar surface area (TPSA) is 12.0 Å². The Morgan fingerprint density at radius 3 is 2.53 bits per heavy atom. The summed E-state index contributed by atoms with van der Waals surface area (Å²) in [7, 11) is 0. The Balaban J connectivity index is 1.81. The molecule has 0 radical (unpaired) electrons. The highest BCUT2D eigenvalue weighted by molar-refractivity contribution is 5.08. The molecule has 0 saturated heterocycles. The van der Waals surface area contributed by atoms with Crippen molar-refractivity contribution in [2.24, 2.45) is 17.8 Å². The number of allylic oxidation sites excluding steroid dienone is 2. The SMILES string of the molecule is CC1=CC(C)C(CNC2CCCCC2)C(C)C1. The molecule has 1 nitrogen and oxygen atoms in total. The fourth-order valence-electron chi connectivity index (χ4n) is 3.81. The Morgan fingerprint density at radius 1 is 1.18 bits per heavy atom. The molecule has 17 heavy (non-hydrogen) atoms. The molecular weight excluding hydrogens is 206 g/mol. The molecule has 0 spiro atoms. The van der Waals surface area contributed by atoms with Crippen molar-refractivity contribution in [3.05, 3.63) is 11.6 Å². The van der Waals surface area contributed by atoms with E-state index in [2.05, 4.69) is 32.2 Å². The highest BCUT2D eigenvalue weighted by Crippen LogP contribution is 2.33. The average molecular weight is 235 g/mol. The van der Waals surface area contributed by atoms with E-state index in [1.807, 2.05) is 0 Å². The molecule has 0 aromatic heterocycles. The van der Waals surface area contributed by atoms with Gasteiger partial charge in [0, 0.05) is 6.04 Å². The fourth-order valence-corrected chi connectivity index (χ4v) is 3.81. The Bertz CT molecular complexity index is 263. The predicted octanol–water partition coefficient (Wildman–Crippen LogP) is 4.15. The minimum Gasteiger partial charge on any atom is -0.314 e. The van der Waals surface area contributed by atoms with Crippen LogP contribution >= 0.6 is 0 Å². The molecule has 0 bridgehead atoms. The third-order valence-electron chi connectivity index (χ3n) is 4.85. The highest BCUT2D eigenvalue weighted by atomic mass is 14.9. The van der Waals surface area contributed by atoms with Crippen LogP contribution in [0.5, 0.6) is 0 Å². The second kappa shape index (κ2) is 6.04. The zero-order valence-electron chi connectivity index (χ0n) is 11.8. The molecule has 2 rings (SSSR count). The maximum Gasteiger partial charge on any atom is 0.00671 e. The first-order valence-electron chi connectivity index (χ1n) is 7.57. The highest BCUT2D eigenvalue weighted by Gasteiger charge is 2.27. The number of hydrogen-bond acceptors (Lipinski definition) is 1. The lowest BCUT2D eigenvalue weighted by Crippen LogP contribution is -2.39. The van der Waals surface area contributed by atoms with Crippen molar-refractivity contribution in [2.45, 2.75) is 65.3 Å². The van der Waals surface area contributed by atoms with Gasteiger partial charge in [0.05, 0.1) is 0 Å². The van der Waals surface area contributed by atoms with E-state index in [1.54, 1.807) is 5.57 Å². The van der Waals surface area contributed by atoms with Gasteiger partial charge in [-0.05, 0) is 50.5 Å². The van der Waals surface area contributed by atoms with Crippen LogP contribution in [-0.4, -0.2) is 12.6 Å². The summed E-state index contributed by atoms with van der Waals surface area (Å²) in [5.74, 6) is 2.46. The van der Waals surface area contributed by atoms with Crippen LogP contribution in [0.4, 0.5) is 0 Å². The molecule has 3 atom stereocenters. The Morgan fingerprint density at radius 2 is 1.88 bits per heavy atom. The van der Waals surface area contributed by atoms with Crippen LogP contribution in [0.2, 0.25) is 0 Å². The van der Waals surface area contributed by atoms with E-state index in [4.69, 9.17) is 0 Å². The summed E-state index contributed by atoms with van der Waals surface area (Å²) >= 11 is 0. The Hall–Kier alpha value is -0.300. The molecule has 0 aromatic carbocycles. The Kier molecular flexibility index (Phi) is 4.67. The lowest BCUT2D eigenvalue weighted by molar-refractivity contribution is 0.240. The lowest BCUT2D eigenvalue weighted by Gasteiger charge is -2.35. The molecule has 1 N–H and O–H groups in total. The molecule has 1 heteroatoms. The molecule has 0 amide bonds. The van der Waals surface area contributed by atoms with Crippen LogP contribution in [0, 0.1) is 17.8 Å². The van der Waals surface area contributed by atoms with Gasteiger partial charge in [0.15, 0.2) is 0 Å². The van der Waals surface area contributed by atoms with Gasteiger partial charge in [-0.15, -0.1) is 0 Å². The van der Waals surface area contributed by atoms with Crippen LogP contribution in [0.1, 0.15) is 59.3 Å². The molecule has 2 aliphatic rings. The summed E-state index contributed by atoms with van der Waals surface area (Å²) < 4.78 is 0. The molecular formula is C16H29N. The van der Waals surface area contributed by atoms with E-state index in [9.17, 15) is 0 Å². The van der Waals surface area contributed by atoms with Gasteiger partial charge in [-0.3, -0.25) is 0 Å². The number of nitrogens with one attached hydrogen (secondary N) is 1. The van der Waals surface area contributed by atoms with Gasteiger partial charge >= 0.3 is 0 Å². The van der Waals surface area contributed by atoms with E-state index >= 15 is 0 Å². The molecule has 0 aliphatic heterocycles. The van der Waals surface area contributed by atoms with Crippen molar-refractivity contribution < 1.29 is 0 Å². The van der Waals surface area contributed by atoms with Gasteiger partial charge in [0.25, 0.3) is 0 Å². The van der Waals surface area contributed by atoms with Crippen molar-refractivity contribution in [3.63, 3.8) is 0 Å². The molecule has 0 aromatic rings. The summed E-state index contributed by atoms with van der Waals surface area (Å²) in [6, 6.07) is 0.815. The monoisotopic (exact) mass is 235 g/mol. The van der Waals surface area contributed by atoms with Crippen molar-refractivity contribution in [3.8, 4) is 0 Å². The summed E-state index contributed by atoms with van der Waals surface area (Å²) in [4.78, 5) is 0. The first kappa shape index (κ1) is 13.1. The zero-order chi connectivity index (χ0) is 12.3. The summed E-state index contributed by atoms with van der Waals surface area (Å²) in [6.45, 7) is 8.35. The van der Waals surface area contributed by atoms with Crippen LogP contribution in [0.3, 0.4) is 0 Å². The summed E-state index contributed by atoms with van der Waals surface area (Å²) in [6.07, 6.45) is 10.9. The van der Waals surface area contributed by atoms with E-state index in [0.717, 1.165) is 23.8 Å². The first-order chi connectivity index (χ1) is 8.16. The molecule has 3 unspecified atom stereocenters. The fraction of sp³-hybridized carbons (Fsp3) is 0.875. The first-order valence-corrected chi connectivity index (χ1v) is 7.57.